The van der Waals surface area contributed by atoms with Crippen LogP contribution in [0.1, 0.15) is 17.1 Å². The van der Waals surface area contributed by atoms with Crippen molar-refractivity contribution in [3.63, 3.8) is 0 Å². The van der Waals surface area contributed by atoms with Gasteiger partial charge in [-0.3, -0.25) is 4.72 Å². The number of halogens is 2. The van der Waals surface area contributed by atoms with Gasteiger partial charge in [-0.05, 0) is 48.0 Å². The summed E-state index contributed by atoms with van der Waals surface area (Å²) >= 11 is 9.13. The molecule has 2 aromatic rings. The summed E-state index contributed by atoms with van der Waals surface area (Å²) in [6.07, 6.45) is 0. The smallest absolute Gasteiger partial charge is 0.265 e. The van der Waals surface area contributed by atoms with Crippen LogP contribution < -0.4 is 4.72 Å². The highest BCUT2D eigenvalue weighted by molar-refractivity contribution is 9.10. The Morgan fingerprint density at radius 1 is 1.33 bits per heavy atom. The summed E-state index contributed by atoms with van der Waals surface area (Å²) in [6.45, 7) is 2.72. The molecule has 2 rings (SSSR count). The molecular formula is C13H13BrClNO4S. The van der Waals surface area contributed by atoms with Gasteiger partial charge in [0.1, 0.15) is 16.4 Å². The van der Waals surface area contributed by atoms with E-state index in [0.29, 0.717) is 20.9 Å². The minimum atomic E-state index is -3.90. The zero-order chi connectivity index (χ0) is 15.8. The third-order valence-electron chi connectivity index (χ3n) is 2.92. The van der Waals surface area contributed by atoms with Gasteiger partial charge in [-0.2, -0.15) is 0 Å². The largest absolute Gasteiger partial charge is 0.465 e. The summed E-state index contributed by atoms with van der Waals surface area (Å²) in [7, 11) is -3.90. The van der Waals surface area contributed by atoms with Crippen molar-refractivity contribution in [2.75, 3.05) is 4.72 Å². The molecule has 0 atom stereocenters. The van der Waals surface area contributed by atoms with Crippen molar-refractivity contribution < 1.29 is 17.9 Å². The summed E-state index contributed by atoms with van der Waals surface area (Å²) < 4.78 is 33.4. The zero-order valence-electron chi connectivity index (χ0n) is 11.3. The van der Waals surface area contributed by atoms with Gasteiger partial charge in [-0.15, -0.1) is 0 Å². The Morgan fingerprint density at radius 2 is 2.00 bits per heavy atom. The number of anilines is 1. The molecule has 0 spiro atoms. The van der Waals surface area contributed by atoms with Gasteiger partial charge < -0.3 is 9.52 Å². The molecule has 0 bridgehead atoms. The van der Waals surface area contributed by atoms with Gasteiger partial charge in [-0.1, -0.05) is 11.6 Å². The summed E-state index contributed by atoms with van der Waals surface area (Å²) in [4.78, 5) is -0.0469. The van der Waals surface area contributed by atoms with Crippen LogP contribution in [0.5, 0.6) is 0 Å². The molecule has 0 aliphatic heterocycles. The maximum atomic E-state index is 12.5. The number of furan rings is 1. The van der Waals surface area contributed by atoms with E-state index in [-0.39, 0.29) is 16.2 Å². The first-order valence-electron chi connectivity index (χ1n) is 5.94. The van der Waals surface area contributed by atoms with Gasteiger partial charge in [0.05, 0.1) is 12.3 Å². The molecule has 0 aliphatic rings. The van der Waals surface area contributed by atoms with Crippen molar-refractivity contribution in [2.45, 2.75) is 25.3 Å². The Morgan fingerprint density at radius 3 is 2.62 bits per heavy atom. The molecule has 0 saturated heterocycles. The standard InChI is InChI=1S/C13H13BrClNO4S/c1-7-10(6-17)13(8(2)20-7)21(18,19)16-12-5-9(15)3-4-11(12)14/h3-5,16-17H,6H2,1-2H3. The van der Waals surface area contributed by atoms with Gasteiger partial charge in [0.25, 0.3) is 10.0 Å². The van der Waals surface area contributed by atoms with E-state index < -0.39 is 16.6 Å². The molecule has 5 nitrogen and oxygen atoms in total. The van der Waals surface area contributed by atoms with E-state index >= 15 is 0 Å². The van der Waals surface area contributed by atoms with Crippen LogP contribution in [0.15, 0.2) is 32.0 Å². The van der Waals surface area contributed by atoms with Crippen molar-refractivity contribution >= 4 is 43.2 Å². The summed E-state index contributed by atoms with van der Waals surface area (Å²) in [5.41, 5.74) is 0.558. The van der Waals surface area contributed by atoms with Crippen molar-refractivity contribution in [3.8, 4) is 0 Å². The Balaban J connectivity index is 2.51. The molecule has 0 aliphatic carbocycles. The summed E-state index contributed by atoms with van der Waals surface area (Å²) in [5, 5.41) is 9.76. The van der Waals surface area contributed by atoms with Gasteiger partial charge in [0.2, 0.25) is 0 Å². The van der Waals surface area contributed by atoms with Gasteiger partial charge in [-0.25, -0.2) is 8.42 Å². The second kappa shape index (κ2) is 6.00. The number of hydrogen-bond acceptors (Lipinski definition) is 4. The van der Waals surface area contributed by atoms with Gasteiger partial charge in [0, 0.05) is 15.1 Å². The average molecular weight is 395 g/mol. The highest BCUT2D eigenvalue weighted by Crippen LogP contribution is 2.31. The van der Waals surface area contributed by atoms with Crippen LogP contribution in [0.2, 0.25) is 5.02 Å². The first kappa shape index (κ1) is 16.4. The molecule has 2 N–H and O–H groups in total. The predicted molar refractivity (Wildman–Crippen MR) is 84.1 cm³/mol. The number of hydrogen-bond donors (Lipinski definition) is 2. The second-order valence-corrected chi connectivity index (χ2v) is 7.32. The topological polar surface area (TPSA) is 79.5 Å². The highest BCUT2D eigenvalue weighted by Gasteiger charge is 2.27. The number of aliphatic hydroxyl groups excluding tert-OH is 1. The molecule has 114 valence electrons. The number of sulfonamides is 1. The van der Waals surface area contributed by atoms with E-state index in [0.717, 1.165) is 0 Å². The lowest BCUT2D eigenvalue weighted by Crippen LogP contribution is -2.15. The monoisotopic (exact) mass is 393 g/mol. The molecule has 8 heteroatoms. The molecule has 0 unspecified atom stereocenters. The molecular weight excluding hydrogens is 382 g/mol. The van der Waals surface area contributed by atoms with Crippen molar-refractivity contribution in [3.05, 3.63) is 44.8 Å². The van der Waals surface area contributed by atoms with Crippen LogP contribution in [-0.4, -0.2) is 13.5 Å². The first-order valence-corrected chi connectivity index (χ1v) is 8.59. The van der Waals surface area contributed by atoms with Crippen molar-refractivity contribution in [1.29, 1.82) is 0 Å². The van der Waals surface area contributed by atoms with E-state index in [4.69, 9.17) is 16.0 Å². The van der Waals surface area contributed by atoms with Crippen LogP contribution in [0.3, 0.4) is 0 Å². The number of aliphatic hydroxyl groups is 1. The summed E-state index contributed by atoms with van der Waals surface area (Å²) in [6, 6.07) is 4.76. The van der Waals surface area contributed by atoms with Crippen LogP contribution in [0.25, 0.3) is 0 Å². The number of benzene rings is 1. The number of nitrogens with one attached hydrogen (secondary N) is 1. The third-order valence-corrected chi connectivity index (χ3v) is 5.41. The average Bonchev–Trinajstić information content (AvgIpc) is 2.68. The molecule has 1 heterocycles. The quantitative estimate of drug-likeness (QED) is 0.830. The minimum Gasteiger partial charge on any atom is -0.465 e. The molecule has 1 aromatic heterocycles. The molecule has 0 amide bonds. The zero-order valence-corrected chi connectivity index (χ0v) is 14.4. The predicted octanol–water partition coefficient (Wildman–Crippen LogP) is 3.61. The Kier molecular flexibility index (Phi) is 4.67. The molecule has 0 saturated carbocycles. The maximum absolute atomic E-state index is 12.5. The molecule has 0 fully saturated rings. The lowest BCUT2D eigenvalue weighted by molar-refractivity contribution is 0.276. The highest BCUT2D eigenvalue weighted by atomic mass is 79.9. The third kappa shape index (κ3) is 3.26. The number of aryl methyl sites for hydroxylation is 2. The van der Waals surface area contributed by atoms with E-state index in [1.165, 1.54) is 13.0 Å². The fourth-order valence-electron chi connectivity index (χ4n) is 2.02. The fourth-order valence-corrected chi connectivity index (χ4v) is 4.18. The minimum absolute atomic E-state index is 0.0469. The van der Waals surface area contributed by atoms with Crippen LogP contribution >= 0.6 is 27.5 Å². The van der Waals surface area contributed by atoms with Gasteiger partial charge in [0.15, 0.2) is 0 Å². The molecule has 0 radical (unpaired) electrons. The normalized spacial score (nSPS) is 11.7. The second-order valence-electron chi connectivity index (χ2n) is 4.41. The Hall–Kier alpha value is -1.02. The molecule has 1 aromatic carbocycles. The first-order chi connectivity index (χ1) is 9.76. The fraction of sp³-hybridized carbons (Fsp3) is 0.231. The van der Waals surface area contributed by atoms with E-state index in [2.05, 4.69) is 20.7 Å². The Bertz CT molecular complexity index is 786. The number of rotatable bonds is 4. The lowest BCUT2D eigenvalue weighted by Gasteiger charge is -2.10. The van der Waals surface area contributed by atoms with Crippen LogP contribution in [0, 0.1) is 13.8 Å². The van der Waals surface area contributed by atoms with E-state index in [9.17, 15) is 13.5 Å². The van der Waals surface area contributed by atoms with Crippen LogP contribution in [0.4, 0.5) is 5.69 Å². The van der Waals surface area contributed by atoms with Crippen molar-refractivity contribution in [1.82, 2.24) is 0 Å². The maximum Gasteiger partial charge on any atom is 0.265 e. The van der Waals surface area contributed by atoms with E-state index in [1.807, 2.05) is 0 Å². The summed E-state index contributed by atoms with van der Waals surface area (Å²) in [5.74, 6) is 0.600. The van der Waals surface area contributed by atoms with E-state index in [1.54, 1.807) is 19.1 Å². The molecule has 21 heavy (non-hydrogen) atoms. The Labute approximate surface area is 136 Å². The van der Waals surface area contributed by atoms with Crippen molar-refractivity contribution in [2.24, 2.45) is 0 Å². The lowest BCUT2D eigenvalue weighted by atomic mass is 10.2. The SMILES string of the molecule is Cc1oc(C)c(S(=O)(=O)Nc2cc(Cl)ccc2Br)c1CO. The van der Waals surface area contributed by atoms with Crippen LogP contribution in [-0.2, 0) is 16.6 Å². The van der Waals surface area contributed by atoms with Gasteiger partial charge >= 0.3 is 0 Å².